The van der Waals surface area contributed by atoms with Crippen LogP contribution in [0.15, 0.2) is 54.7 Å². The van der Waals surface area contributed by atoms with E-state index in [1.807, 2.05) is 41.0 Å². The fraction of sp³-hybridized carbons (Fsp3) is 0.150. The van der Waals surface area contributed by atoms with E-state index in [0.29, 0.717) is 6.42 Å². The Bertz CT molecular complexity index is 960. The number of ether oxygens (including phenoxy) is 1. The van der Waals surface area contributed by atoms with E-state index in [2.05, 4.69) is 4.98 Å². The third-order valence-corrected chi connectivity index (χ3v) is 4.20. The summed E-state index contributed by atoms with van der Waals surface area (Å²) in [6, 6.07) is 14.7. The van der Waals surface area contributed by atoms with Gasteiger partial charge in [-0.15, -0.1) is 0 Å². The van der Waals surface area contributed by atoms with Crippen molar-refractivity contribution in [2.45, 2.75) is 12.8 Å². The van der Waals surface area contributed by atoms with E-state index >= 15 is 0 Å². The Labute approximate surface area is 156 Å². The molecule has 3 N–H and O–H groups in total. The number of carbonyl (C=O) groups excluding carboxylic acids is 1. The lowest BCUT2D eigenvalue weighted by molar-refractivity contribution is -0.136. The van der Waals surface area contributed by atoms with Gasteiger partial charge in [0.15, 0.2) is 0 Å². The van der Waals surface area contributed by atoms with Crippen molar-refractivity contribution in [2.24, 2.45) is 5.73 Å². The third kappa shape index (κ3) is 3.98. The van der Waals surface area contributed by atoms with E-state index in [0.717, 1.165) is 28.4 Å². The quantitative estimate of drug-likeness (QED) is 0.669. The second kappa shape index (κ2) is 7.74. The summed E-state index contributed by atoms with van der Waals surface area (Å²) < 4.78 is 7.13. The molecule has 3 rings (SSSR count). The topological polar surface area (TPSA) is 107 Å². The fourth-order valence-corrected chi connectivity index (χ4v) is 2.87. The smallest absolute Gasteiger partial charge is 0.303 e. The number of carbonyl (C=O) groups is 2. The number of primary amides is 1. The second-order valence-electron chi connectivity index (χ2n) is 5.93. The Balaban J connectivity index is 2.07. The lowest BCUT2D eigenvalue weighted by atomic mass is 10.1. The second-order valence-corrected chi connectivity index (χ2v) is 5.93. The molecule has 1 amide bonds. The van der Waals surface area contributed by atoms with Crippen LogP contribution in [-0.4, -0.2) is 33.6 Å². The van der Waals surface area contributed by atoms with E-state index in [1.165, 1.54) is 0 Å². The molecule has 0 aliphatic rings. The predicted molar refractivity (Wildman–Crippen MR) is 100 cm³/mol. The number of pyridine rings is 1. The number of carboxylic acids is 1. The van der Waals surface area contributed by atoms with Crippen molar-refractivity contribution in [1.29, 1.82) is 0 Å². The molecule has 2 heterocycles. The fourth-order valence-electron chi connectivity index (χ4n) is 2.87. The average molecular weight is 365 g/mol. The van der Waals surface area contributed by atoms with Gasteiger partial charge in [-0.05, 0) is 60.5 Å². The highest BCUT2D eigenvalue weighted by molar-refractivity contribution is 5.90. The molecule has 7 heteroatoms. The van der Waals surface area contributed by atoms with Crippen LogP contribution in [0, 0.1) is 0 Å². The first kappa shape index (κ1) is 18.2. The molecule has 0 radical (unpaired) electrons. The molecule has 0 bridgehead atoms. The Morgan fingerprint density at radius 3 is 2.41 bits per heavy atom. The van der Waals surface area contributed by atoms with Gasteiger partial charge in [0, 0.05) is 5.69 Å². The van der Waals surface area contributed by atoms with Crippen molar-refractivity contribution in [3.05, 3.63) is 66.1 Å². The van der Waals surface area contributed by atoms with Crippen molar-refractivity contribution in [3.8, 4) is 22.7 Å². The molecule has 138 valence electrons. The largest absolute Gasteiger partial charge is 0.497 e. The molecule has 0 saturated heterocycles. The Morgan fingerprint density at radius 2 is 1.85 bits per heavy atom. The van der Waals surface area contributed by atoms with E-state index < -0.39 is 11.9 Å². The van der Waals surface area contributed by atoms with Crippen molar-refractivity contribution >= 4 is 11.9 Å². The lowest BCUT2D eigenvalue weighted by Crippen LogP contribution is -2.13. The number of aromatic nitrogens is 2. The van der Waals surface area contributed by atoms with Crippen LogP contribution >= 0.6 is 0 Å². The number of methoxy groups -OCH3 is 1. The Kier molecular flexibility index (Phi) is 5.21. The molecular formula is C20H19N3O4. The van der Waals surface area contributed by atoms with Crippen LogP contribution in [0.3, 0.4) is 0 Å². The molecular weight excluding hydrogens is 346 g/mol. The molecule has 0 fully saturated rings. The Morgan fingerprint density at radius 1 is 1.11 bits per heavy atom. The van der Waals surface area contributed by atoms with Gasteiger partial charge >= 0.3 is 5.97 Å². The molecule has 0 saturated carbocycles. The maximum Gasteiger partial charge on any atom is 0.303 e. The van der Waals surface area contributed by atoms with Crippen molar-refractivity contribution in [2.75, 3.05) is 7.11 Å². The number of carboxylic acid groups (broad SMARTS) is 1. The number of nitrogens with zero attached hydrogens (tertiary/aromatic N) is 2. The summed E-state index contributed by atoms with van der Waals surface area (Å²) in [5, 5.41) is 9.03. The van der Waals surface area contributed by atoms with E-state index in [1.54, 1.807) is 25.4 Å². The van der Waals surface area contributed by atoms with E-state index in [-0.39, 0.29) is 12.1 Å². The van der Waals surface area contributed by atoms with Crippen LogP contribution in [0.4, 0.5) is 0 Å². The number of aryl methyl sites for hydroxylation is 1. The summed E-state index contributed by atoms with van der Waals surface area (Å²) in [4.78, 5) is 26.4. The van der Waals surface area contributed by atoms with Gasteiger partial charge in [0.2, 0.25) is 0 Å². The number of aliphatic carboxylic acids is 1. The summed E-state index contributed by atoms with van der Waals surface area (Å²) in [7, 11) is 1.60. The van der Waals surface area contributed by atoms with Gasteiger partial charge < -0.3 is 20.1 Å². The summed E-state index contributed by atoms with van der Waals surface area (Å²) in [5.41, 5.74) is 8.80. The van der Waals surface area contributed by atoms with Gasteiger partial charge in [-0.1, -0.05) is 0 Å². The zero-order valence-electron chi connectivity index (χ0n) is 14.8. The normalized spacial score (nSPS) is 10.6. The first-order chi connectivity index (χ1) is 13.0. The van der Waals surface area contributed by atoms with Gasteiger partial charge in [-0.3, -0.25) is 9.59 Å². The van der Waals surface area contributed by atoms with Crippen molar-refractivity contribution in [1.82, 2.24) is 9.55 Å². The van der Waals surface area contributed by atoms with Crippen molar-refractivity contribution < 1.29 is 19.4 Å². The first-order valence-electron chi connectivity index (χ1n) is 8.32. The SMILES string of the molecule is COc1ccc(-c2ccc(CCC(=O)O)n2-c2ccc(C(N)=O)nc2)cc1. The van der Waals surface area contributed by atoms with Crippen LogP contribution in [0.5, 0.6) is 5.75 Å². The zero-order valence-corrected chi connectivity index (χ0v) is 14.8. The predicted octanol–water partition coefficient (Wildman–Crippen LogP) is 2.66. The minimum absolute atomic E-state index is 0.0128. The number of benzene rings is 1. The van der Waals surface area contributed by atoms with Gasteiger partial charge in [-0.25, -0.2) is 4.98 Å². The molecule has 27 heavy (non-hydrogen) atoms. The molecule has 2 aromatic heterocycles. The Hall–Kier alpha value is -3.61. The van der Waals surface area contributed by atoms with Crippen LogP contribution in [0.1, 0.15) is 22.6 Å². The first-order valence-corrected chi connectivity index (χ1v) is 8.32. The average Bonchev–Trinajstić information content (AvgIpc) is 3.10. The maximum absolute atomic E-state index is 11.3. The van der Waals surface area contributed by atoms with Gasteiger partial charge in [0.25, 0.3) is 5.91 Å². The number of nitrogens with two attached hydrogens (primary N) is 1. The molecule has 7 nitrogen and oxygen atoms in total. The summed E-state index contributed by atoms with van der Waals surface area (Å²) >= 11 is 0. The van der Waals surface area contributed by atoms with Gasteiger partial charge in [0.05, 0.1) is 31.1 Å². The standard InChI is InChI=1S/C20H19N3O4/c1-27-16-7-2-13(3-8-16)18-10-5-14(6-11-19(24)25)23(18)15-4-9-17(20(21)26)22-12-15/h2-5,7-10,12H,6,11H2,1H3,(H2,21,26)(H,24,25). The zero-order chi connectivity index (χ0) is 19.4. The highest BCUT2D eigenvalue weighted by atomic mass is 16.5. The van der Waals surface area contributed by atoms with Crippen LogP contribution in [0.2, 0.25) is 0 Å². The van der Waals surface area contributed by atoms with E-state index in [4.69, 9.17) is 15.6 Å². The van der Waals surface area contributed by atoms with Crippen LogP contribution in [-0.2, 0) is 11.2 Å². The molecule has 0 aliphatic heterocycles. The molecule has 0 atom stereocenters. The molecule has 3 aromatic rings. The minimum Gasteiger partial charge on any atom is -0.497 e. The van der Waals surface area contributed by atoms with Crippen molar-refractivity contribution in [3.63, 3.8) is 0 Å². The minimum atomic E-state index is -0.865. The summed E-state index contributed by atoms with van der Waals surface area (Å²) in [6.45, 7) is 0. The molecule has 1 aromatic carbocycles. The number of hydrogen-bond acceptors (Lipinski definition) is 4. The summed E-state index contributed by atoms with van der Waals surface area (Å²) in [5.74, 6) is -0.720. The van der Waals surface area contributed by atoms with Crippen LogP contribution in [0.25, 0.3) is 16.9 Å². The molecule has 0 spiro atoms. The lowest BCUT2D eigenvalue weighted by Gasteiger charge is -2.14. The maximum atomic E-state index is 11.3. The van der Waals surface area contributed by atoms with E-state index in [9.17, 15) is 9.59 Å². The monoisotopic (exact) mass is 365 g/mol. The highest BCUT2D eigenvalue weighted by Gasteiger charge is 2.14. The third-order valence-electron chi connectivity index (χ3n) is 4.20. The summed E-state index contributed by atoms with van der Waals surface area (Å²) in [6.07, 6.45) is 1.93. The number of rotatable bonds is 7. The number of hydrogen-bond donors (Lipinski definition) is 2. The van der Waals surface area contributed by atoms with Gasteiger partial charge in [-0.2, -0.15) is 0 Å². The highest BCUT2D eigenvalue weighted by Crippen LogP contribution is 2.28. The molecule has 0 aliphatic carbocycles. The number of amides is 1. The van der Waals surface area contributed by atoms with Crippen LogP contribution < -0.4 is 10.5 Å². The molecule has 0 unspecified atom stereocenters. The van der Waals surface area contributed by atoms with Gasteiger partial charge in [0.1, 0.15) is 11.4 Å².